The van der Waals surface area contributed by atoms with Crippen molar-refractivity contribution in [3.8, 4) is 0 Å². The normalized spacial score (nSPS) is 13.1. The van der Waals surface area contributed by atoms with Crippen LogP contribution < -0.4 is 5.73 Å². The van der Waals surface area contributed by atoms with Crippen molar-refractivity contribution in [1.29, 1.82) is 0 Å². The predicted octanol–water partition coefficient (Wildman–Crippen LogP) is 2.92. The number of aryl methyl sites for hydroxylation is 1. The molecule has 0 saturated heterocycles. The van der Waals surface area contributed by atoms with Gasteiger partial charge >= 0.3 is 0 Å². The van der Waals surface area contributed by atoms with E-state index < -0.39 is 0 Å². The average molecular weight is 195 g/mol. The van der Waals surface area contributed by atoms with E-state index in [4.69, 9.17) is 5.73 Å². The fraction of sp³-hybridized carbons (Fsp3) is 0.727. The van der Waals surface area contributed by atoms with E-state index in [-0.39, 0.29) is 0 Å². The van der Waals surface area contributed by atoms with Crippen molar-refractivity contribution in [3.05, 3.63) is 11.8 Å². The number of hydrogen-bond acceptors (Lipinski definition) is 2. The van der Waals surface area contributed by atoms with Crippen LogP contribution in [0.1, 0.15) is 51.3 Å². The third-order valence-electron chi connectivity index (χ3n) is 2.58. The number of nitrogen functional groups attached to an aromatic ring is 1. The molecular formula is C11H21N3. The maximum absolute atomic E-state index is 5.64. The molecule has 3 heteroatoms. The summed E-state index contributed by atoms with van der Waals surface area (Å²) in [6.45, 7) is 6.48. The van der Waals surface area contributed by atoms with E-state index >= 15 is 0 Å². The van der Waals surface area contributed by atoms with E-state index in [0.29, 0.717) is 11.9 Å². The van der Waals surface area contributed by atoms with Gasteiger partial charge in [-0.05, 0) is 20.3 Å². The number of unbranched alkanes of at least 4 members (excludes halogenated alkanes) is 2. The molecule has 0 fully saturated rings. The Bertz CT molecular complexity index is 278. The number of rotatable bonds is 5. The van der Waals surface area contributed by atoms with Crippen molar-refractivity contribution in [3.63, 3.8) is 0 Å². The summed E-state index contributed by atoms with van der Waals surface area (Å²) in [6, 6.07) is 2.40. The second kappa shape index (κ2) is 5.03. The highest BCUT2D eigenvalue weighted by atomic mass is 15.3. The molecule has 1 unspecified atom stereocenters. The van der Waals surface area contributed by atoms with Gasteiger partial charge < -0.3 is 5.73 Å². The summed E-state index contributed by atoms with van der Waals surface area (Å²) in [5, 5.41) is 4.28. The topological polar surface area (TPSA) is 43.8 Å². The molecular weight excluding hydrogens is 174 g/mol. The minimum atomic E-state index is 0.471. The van der Waals surface area contributed by atoms with E-state index in [1.807, 2.05) is 10.7 Å². The Morgan fingerprint density at radius 2 is 2.21 bits per heavy atom. The van der Waals surface area contributed by atoms with Crippen molar-refractivity contribution >= 4 is 5.82 Å². The standard InChI is InChI=1S/C11H21N3/c1-4-5-6-7-9(2)14-10(3)8-11(12)13-14/h8-9H,4-7H2,1-3H3,(H2,12,13). The summed E-state index contributed by atoms with van der Waals surface area (Å²) in [5.41, 5.74) is 6.80. The first-order valence-corrected chi connectivity index (χ1v) is 5.46. The van der Waals surface area contributed by atoms with Gasteiger partial charge in [0.2, 0.25) is 0 Å². The number of aromatic nitrogens is 2. The van der Waals surface area contributed by atoms with Crippen molar-refractivity contribution in [2.45, 2.75) is 52.5 Å². The molecule has 1 aromatic heterocycles. The molecule has 0 bridgehead atoms. The third kappa shape index (κ3) is 2.76. The molecule has 0 aliphatic heterocycles. The Morgan fingerprint density at radius 3 is 2.71 bits per heavy atom. The lowest BCUT2D eigenvalue weighted by atomic mass is 10.1. The summed E-state index contributed by atoms with van der Waals surface area (Å²) in [4.78, 5) is 0. The Labute approximate surface area is 86.3 Å². The molecule has 1 rings (SSSR count). The van der Waals surface area contributed by atoms with E-state index in [9.17, 15) is 0 Å². The van der Waals surface area contributed by atoms with Crippen LogP contribution in [-0.2, 0) is 0 Å². The van der Waals surface area contributed by atoms with Crippen molar-refractivity contribution in [2.75, 3.05) is 5.73 Å². The molecule has 0 spiro atoms. The monoisotopic (exact) mass is 195 g/mol. The van der Waals surface area contributed by atoms with Crippen LogP contribution in [0, 0.1) is 6.92 Å². The first kappa shape index (κ1) is 11.1. The third-order valence-corrected chi connectivity index (χ3v) is 2.58. The van der Waals surface area contributed by atoms with E-state index in [1.54, 1.807) is 0 Å². The van der Waals surface area contributed by atoms with Gasteiger partial charge in [-0.2, -0.15) is 5.10 Å². The highest BCUT2D eigenvalue weighted by Crippen LogP contribution is 2.17. The Kier molecular flexibility index (Phi) is 3.98. The molecule has 14 heavy (non-hydrogen) atoms. The lowest BCUT2D eigenvalue weighted by Gasteiger charge is -2.13. The molecule has 0 radical (unpaired) electrons. The minimum Gasteiger partial charge on any atom is -0.382 e. The van der Waals surface area contributed by atoms with Gasteiger partial charge in [0.25, 0.3) is 0 Å². The number of anilines is 1. The molecule has 1 heterocycles. The lowest BCUT2D eigenvalue weighted by Crippen LogP contribution is -2.09. The largest absolute Gasteiger partial charge is 0.382 e. The van der Waals surface area contributed by atoms with Crippen LogP contribution in [0.4, 0.5) is 5.82 Å². The van der Waals surface area contributed by atoms with Crippen LogP contribution in [0.15, 0.2) is 6.07 Å². The van der Waals surface area contributed by atoms with Crippen molar-refractivity contribution in [2.24, 2.45) is 0 Å². The maximum atomic E-state index is 5.64. The zero-order valence-electron chi connectivity index (χ0n) is 9.45. The van der Waals surface area contributed by atoms with Crippen molar-refractivity contribution < 1.29 is 0 Å². The zero-order chi connectivity index (χ0) is 10.6. The van der Waals surface area contributed by atoms with E-state index in [2.05, 4.69) is 25.9 Å². The quantitative estimate of drug-likeness (QED) is 0.734. The zero-order valence-corrected chi connectivity index (χ0v) is 9.45. The van der Waals surface area contributed by atoms with Gasteiger partial charge in [-0.15, -0.1) is 0 Å². The summed E-state index contributed by atoms with van der Waals surface area (Å²) >= 11 is 0. The SMILES string of the molecule is CCCCCC(C)n1nc(N)cc1C. The lowest BCUT2D eigenvalue weighted by molar-refractivity contribution is 0.432. The van der Waals surface area contributed by atoms with Gasteiger partial charge in [0, 0.05) is 17.8 Å². The van der Waals surface area contributed by atoms with Gasteiger partial charge in [-0.1, -0.05) is 26.2 Å². The van der Waals surface area contributed by atoms with Gasteiger partial charge in [0.05, 0.1) is 0 Å². The van der Waals surface area contributed by atoms with Gasteiger partial charge in [0.15, 0.2) is 0 Å². The first-order valence-electron chi connectivity index (χ1n) is 5.46. The van der Waals surface area contributed by atoms with Crippen LogP contribution in [0.25, 0.3) is 0 Å². The highest BCUT2D eigenvalue weighted by Gasteiger charge is 2.08. The summed E-state index contributed by atoms with van der Waals surface area (Å²) in [6.07, 6.45) is 5.04. The van der Waals surface area contributed by atoms with Crippen LogP contribution in [0.2, 0.25) is 0 Å². The summed E-state index contributed by atoms with van der Waals surface area (Å²) in [7, 11) is 0. The molecule has 3 nitrogen and oxygen atoms in total. The number of nitrogens with two attached hydrogens (primary N) is 1. The van der Waals surface area contributed by atoms with Gasteiger partial charge in [-0.25, -0.2) is 0 Å². The number of hydrogen-bond donors (Lipinski definition) is 1. The molecule has 80 valence electrons. The molecule has 0 saturated carbocycles. The molecule has 0 aromatic carbocycles. The predicted molar refractivity (Wildman–Crippen MR) is 60.2 cm³/mol. The highest BCUT2D eigenvalue weighted by molar-refractivity contribution is 5.28. The molecule has 2 N–H and O–H groups in total. The maximum Gasteiger partial charge on any atom is 0.145 e. The van der Waals surface area contributed by atoms with Gasteiger partial charge in [-0.3, -0.25) is 4.68 Å². The smallest absolute Gasteiger partial charge is 0.145 e. The molecule has 0 amide bonds. The van der Waals surface area contributed by atoms with Crippen LogP contribution in [0.3, 0.4) is 0 Å². The minimum absolute atomic E-state index is 0.471. The molecule has 0 aliphatic carbocycles. The fourth-order valence-corrected chi connectivity index (χ4v) is 1.77. The number of nitrogens with zero attached hydrogens (tertiary/aromatic N) is 2. The Balaban J connectivity index is 2.51. The Hall–Kier alpha value is -0.990. The second-order valence-electron chi connectivity index (χ2n) is 4.00. The summed E-state index contributed by atoms with van der Waals surface area (Å²) < 4.78 is 2.03. The molecule has 1 atom stereocenters. The first-order chi connectivity index (χ1) is 6.65. The Morgan fingerprint density at radius 1 is 1.50 bits per heavy atom. The van der Waals surface area contributed by atoms with Crippen molar-refractivity contribution in [1.82, 2.24) is 9.78 Å². The fourth-order valence-electron chi connectivity index (χ4n) is 1.77. The van der Waals surface area contributed by atoms with E-state index in [0.717, 1.165) is 5.69 Å². The molecule has 1 aromatic rings. The van der Waals surface area contributed by atoms with Crippen LogP contribution in [0.5, 0.6) is 0 Å². The average Bonchev–Trinajstić information content (AvgIpc) is 2.45. The second-order valence-corrected chi connectivity index (χ2v) is 4.00. The van der Waals surface area contributed by atoms with Gasteiger partial charge in [0.1, 0.15) is 5.82 Å². The van der Waals surface area contributed by atoms with Crippen LogP contribution in [-0.4, -0.2) is 9.78 Å². The summed E-state index contributed by atoms with van der Waals surface area (Å²) in [5.74, 6) is 0.629. The van der Waals surface area contributed by atoms with E-state index in [1.165, 1.54) is 25.7 Å². The van der Waals surface area contributed by atoms with Crippen LogP contribution >= 0.6 is 0 Å². The molecule has 0 aliphatic rings.